The lowest BCUT2D eigenvalue weighted by molar-refractivity contribution is -0.199. The summed E-state index contributed by atoms with van der Waals surface area (Å²) < 4.78 is 12.7. The third-order valence-electron chi connectivity index (χ3n) is 13.5. The number of hydrogen-bond acceptors (Lipinski definition) is 11. The highest BCUT2D eigenvalue weighted by Crippen LogP contribution is 2.65. The molecule has 2 aromatic carbocycles. The Balaban J connectivity index is 1.17. The average Bonchev–Trinajstić information content (AvgIpc) is 3.64. The van der Waals surface area contributed by atoms with Crippen molar-refractivity contribution in [2.24, 2.45) is 40.2 Å². The summed E-state index contributed by atoms with van der Waals surface area (Å²) in [5, 5.41) is 13.4. The molecule has 9 unspecified atom stereocenters. The van der Waals surface area contributed by atoms with Gasteiger partial charge in [-0.3, -0.25) is 28.8 Å². The highest BCUT2D eigenvalue weighted by molar-refractivity contribution is 6.47. The molecule has 2 aromatic rings. The maximum Gasteiger partial charge on any atom is 0.497 e. The summed E-state index contributed by atoms with van der Waals surface area (Å²) in [5.74, 6) is -3.18. The minimum atomic E-state index is -1.32. The highest BCUT2D eigenvalue weighted by Gasteiger charge is 2.68. The Kier molecular flexibility index (Phi) is 17.5. The zero-order valence-corrected chi connectivity index (χ0v) is 38.1. The molecule has 3 saturated carbocycles. The average molecular weight is 888 g/mol. The minimum Gasteiger partial charge on any atom is -0.403 e. The van der Waals surface area contributed by atoms with Crippen LogP contribution in [-0.2, 0) is 39.7 Å². The standard InChI is InChI=1S/C46H70BN9O8/c1-6-7-10-28-12-14-29(15-13-28)30-16-18-31(19-17-30)40(59)54-35(22-24-49)42(61)55-34(20-21-38(50)57)41(60)52-27(2)39(58)53-33(11-8-9-23-48)43(62)56-44(51)47-63-37-26-32-25-36(45(32,3)4)46(37,5)64-47/h12-19,27,32-37,44H,6-11,20-26,48-49,51H2,1-5H3,(H2,50,57)(H,52,60)(H,53,58)(H,54,59)(H,55,61)(H,56,62). The van der Waals surface area contributed by atoms with Crippen LogP contribution in [0.15, 0.2) is 48.5 Å². The summed E-state index contributed by atoms with van der Waals surface area (Å²) in [6.07, 6.45) is 5.94. The predicted molar refractivity (Wildman–Crippen MR) is 244 cm³/mol. The van der Waals surface area contributed by atoms with Crippen LogP contribution in [0.3, 0.4) is 0 Å². The molecule has 1 heterocycles. The minimum absolute atomic E-state index is 0.0334. The van der Waals surface area contributed by atoms with Gasteiger partial charge in [-0.1, -0.05) is 63.6 Å². The van der Waals surface area contributed by atoms with E-state index in [0.29, 0.717) is 36.8 Å². The first-order valence-electron chi connectivity index (χ1n) is 22.9. The summed E-state index contributed by atoms with van der Waals surface area (Å²) in [7, 11) is -0.881. The number of rotatable bonds is 24. The fourth-order valence-electron chi connectivity index (χ4n) is 9.39. The SMILES string of the molecule is CCCCc1ccc(-c2ccc(C(=O)NC(CCN)C(=O)NC(CCC(N)=O)C(=O)NC(C)C(=O)NC(CCCCN)C(=O)NC(N)B3OC4CC5CC(C5(C)C)C4(C)O3)cc2)cc1. The Morgan fingerprint density at radius 2 is 1.33 bits per heavy atom. The van der Waals surface area contributed by atoms with Crippen molar-refractivity contribution in [3.8, 4) is 11.1 Å². The van der Waals surface area contributed by atoms with Gasteiger partial charge < -0.3 is 58.8 Å². The molecule has 4 fully saturated rings. The van der Waals surface area contributed by atoms with E-state index in [0.717, 1.165) is 43.2 Å². The van der Waals surface area contributed by atoms with Crippen molar-refractivity contribution >= 4 is 42.6 Å². The van der Waals surface area contributed by atoms with Crippen LogP contribution in [-0.4, -0.2) is 97.6 Å². The Labute approximate surface area is 377 Å². The van der Waals surface area contributed by atoms with Gasteiger partial charge in [0.05, 0.1) is 11.7 Å². The molecular weight excluding hydrogens is 817 g/mol. The summed E-state index contributed by atoms with van der Waals surface area (Å²) >= 11 is 0. The number of hydrogen-bond donors (Lipinski definition) is 9. The molecule has 0 aromatic heterocycles. The predicted octanol–water partition coefficient (Wildman–Crippen LogP) is 1.68. The topological polar surface area (TPSA) is 285 Å². The van der Waals surface area contributed by atoms with Gasteiger partial charge in [0, 0.05) is 12.0 Å². The zero-order chi connectivity index (χ0) is 46.8. The third kappa shape index (κ3) is 12.3. The first-order chi connectivity index (χ1) is 30.4. The van der Waals surface area contributed by atoms with Crippen molar-refractivity contribution in [1.29, 1.82) is 0 Å². The van der Waals surface area contributed by atoms with Gasteiger partial charge in [0.2, 0.25) is 29.5 Å². The lowest BCUT2D eigenvalue weighted by Crippen LogP contribution is -2.65. The van der Waals surface area contributed by atoms with Gasteiger partial charge >= 0.3 is 7.12 Å². The van der Waals surface area contributed by atoms with E-state index in [1.165, 1.54) is 12.5 Å². The summed E-state index contributed by atoms with van der Waals surface area (Å²) in [6.45, 7) is 10.5. The van der Waals surface area contributed by atoms with Crippen LogP contribution in [0.1, 0.15) is 115 Å². The van der Waals surface area contributed by atoms with Crippen molar-refractivity contribution in [1.82, 2.24) is 26.6 Å². The summed E-state index contributed by atoms with van der Waals surface area (Å²) in [5.41, 5.74) is 26.5. The summed E-state index contributed by atoms with van der Waals surface area (Å²) in [4.78, 5) is 79.7. The fraction of sp³-hybridized carbons (Fsp3) is 0.609. The van der Waals surface area contributed by atoms with Crippen molar-refractivity contribution in [2.75, 3.05) is 13.1 Å². The third-order valence-corrected chi connectivity index (χ3v) is 13.5. The zero-order valence-electron chi connectivity index (χ0n) is 38.1. The Morgan fingerprint density at radius 3 is 1.94 bits per heavy atom. The Morgan fingerprint density at radius 1 is 0.734 bits per heavy atom. The second-order valence-corrected chi connectivity index (χ2v) is 18.5. The first kappa shape index (κ1) is 50.1. The van der Waals surface area contributed by atoms with Crippen LogP contribution in [0.4, 0.5) is 0 Å². The smallest absolute Gasteiger partial charge is 0.403 e. The van der Waals surface area contributed by atoms with Gasteiger partial charge in [0.15, 0.2) is 0 Å². The van der Waals surface area contributed by atoms with Crippen LogP contribution >= 0.6 is 0 Å². The van der Waals surface area contributed by atoms with Gasteiger partial charge in [0.1, 0.15) is 30.2 Å². The lowest BCUT2D eigenvalue weighted by Gasteiger charge is -2.64. The molecule has 2 bridgehead atoms. The molecule has 1 saturated heterocycles. The molecular formula is C46H70BN9O8. The molecule has 350 valence electrons. The number of aryl methyl sites for hydroxylation is 1. The number of unbranched alkanes of at least 4 members (excludes halogenated alkanes) is 2. The fourth-order valence-corrected chi connectivity index (χ4v) is 9.39. The monoisotopic (exact) mass is 888 g/mol. The van der Waals surface area contributed by atoms with Gasteiger partial charge in [-0.25, -0.2) is 0 Å². The quantitative estimate of drug-likeness (QED) is 0.0415. The van der Waals surface area contributed by atoms with Crippen molar-refractivity contribution < 1.29 is 38.1 Å². The second-order valence-electron chi connectivity index (χ2n) is 18.5. The largest absolute Gasteiger partial charge is 0.497 e. The second kappa shape index (κ2) is 22.3. The molecule has 17 nitrogen and oxygen atoms in total. The van der Waals surface area contributed by atoms with Crippen LogP contribution in [0, 0.1) is 17.3 Å². The van der Waals surface area contributed by atoms with E-state index >= 15 is 0 Å². The van der Waals surface area contributed by atoms with E-state index in [9.17, 15) is 28.8 Å². The maximum atomic E-state index is 13.7. The molecule has 64 heavy (non-hydrogen) atoms. The van der Waals surface area contributed by atoms with E-state index in [1.54, 1.807) is 12.1 Å². The number of nitrogens with two attached hydrogens (primary N) is 4. The lowest BCUT2D eigenvalue weighted by atomic mass is 9.43. The van der Waals surface area contributed by atoms with Crippen LogP contribution < -0.4 is 49.5 Å². The number of nitrogens with one attached hydrogen (secondary N) is 5. The normalized spacial score (nSPS) is 22.9. The number of carbonyl (C=O) groups excluding carboxylic acids is 6. The number of primary amides is 1. The van der Waals surface area contributed by atoms with Crippen molar-refractivity contribution in [3.63, 3.8) is 0 Å². The summed E-state index contributed by atoms with van der Waals surface area (Å²) in [6, 6.07) is 9.55. The first-order valence-corrected chi connectivity index (χ1v) is 22.9. The molecule has 13 N–H and O–H groups in total. The van der Waals surface area contributed by atoms with E-state index in [-0.39, 0.29) is 43.7 Å². The van der Waals surface area contributed by atoms with Crippen molar-refractivity contribution in [3.05, 3.63) is 59.7 Å². The molecule has 0 spiro atoms. The van der Waals surface area contributed by atoms with Gasteiger partial charge in [-0.2, -0.15) is 0 Å². The molecule has 4 aliphatic rings. The molecule has 6 amide bonds. The number of amides is 6. The molecule has 18 heteroatoms. The molecule has 9 atom stereocenters. The van der Waals surface area contributed by atoms with Crippen LogP contribution in [0.25, 0.3) is 11.1 Å². The van der Waals surface area contributed by atoms with E-state index in [2.05, 4.69) is 66.4 Å². The molecule has 6 rings (SSSR count). The van der Waals surface area contributed by atoms with E-state index in [4.69, 9.17) is 32.2 Å². The maximum absolute atomic E-state index is 13.7. The van der Waals surface area contributed by atoms with Crippen molar-refractivity contribution in [2.45, 2.75) is 147 Å². The van der Waals surface area contributed by atoms with Gasteiger partial charge in [0.25, 0.3) is 5.91 Å². The molecule has 0 radical (unpaired) electrons. The number of carbonyl (C=O) groups is 6. The Hall–Kier alpha value is -4.88. The number of benzene rings is 2. The van der Waals surface area contributed by atoms with Gasteiger partial charge in [-0.15, -0.1) is 0 Å². The van der Waals surface area contributed by atoms with Gasteiger partial charge in [-0.05, 0) is 131 Å². The molecule has 3 aliphatic carbocycles. The Bertz CT molecular complexity index is 1950. The van der Waals surface area contributed by atoms with E-state index < -0.39 is 78.4 Å². The van der Waals surface area contributed by atoms with Crippen LogP contribution in [0.5, 0.6) is 0 Å². The highest BCUT2D eigenvalue weighted by atomic mass is 16.7. The molecule has 1 aliphatic heterocycles. The van der Waals surface area contributed by atoms with E-state index in [1.807, 2.05) is 24.3 Å². The van der Waals surface area contributed by atoms with Crippen LogP contribution in [0.2, 0.25) is 0 Å².